The molecular weight excluding hydrogens is 272 g/mol. The number of nitrogens with two attached hydrogens (primary N) is 1. The van der Waals surface area contributed by atoms with E-state index in [1.165, 1.54) is 10.4 Å². The first kappa shape index (κ1) is 14.0. The Kier molecular flexibility index (Phi) is 4.22. The molecule has 0 aliphatic heterocycles. The monoisotopic (exact) mass is 290 g/mol. The minimum absolute atomic E-state index is 0.302. The number of aryl methyl sites for hydroxylation is 1. The Morgan fingerprint density at radius 1 is 1.37 bits per heavy atom. The van der Waals surface area contributed by atoms with Crippen LogP contribution in [-0.2, 0) is 0 Å². The molecule has 1 aromatic heterocycles. The summed E-state index contributed by atoms with van der Waals surface area (Å²) in [5.74, 6) is 0. The molecule has 0 amide bonds. The molecular formula is C15H18N2S2. The summed E-state index contributed by atoms with van der Waals surface area (Å²) in [6.45, 7) is 4.24. The molecule has 1 heterocycles. The molecule has 2 aromatic rings. The van der Waals surface area contributed by atoms with E-state index < -0.39 is 0 Å². The minimum Gasteiger partial charge on any atom is -0.389 e. The van der Waals surface area contributed by atoms with Crippen LogP contribution in [0.4, 0.5) is 5.69 Å². The van der Waals surface area contributed by atoms with E-state index in [2.05, 4.69) is 54.6 Å². The summed E-state index contributed by atoms with van der Waals surface area (Å²) < 4.78 is 0. The van der Waals surface area contributed by atoms with Gasteiger partial charge in [0.2, 0.25) is 0 Å². The fourth-order valence-electron chi connectivity index (χ4n) is 2.08. The lowest BCUT2D eigenvalue weighted by Crippen LogP contribution is -2.24. The SMILES string of the molecule is Cc1ccc(N(C)C(C)c2cccs2)c(C(N)=S)c1. The maximum atomic E-state index is 5.85. The molecule has 100 valence electrons. The fourth-order valence-corrected chi connectivity index (χ4v) is 3.07. The van der Waals surface area contributed by atoms with Gasteiger partial charge in [0.1, 0.15) is 4.99 Å². The van der Waals surface area contributed by atoms with Crippen LogP contribution >= 0.6 is 23.6 Å². The topological polar surface area (TPSA) is 29.3 Å². The number of thiophene rings is 1. The third-order valence-electron chi connectivity index (χ3n) is 3.33. The minimum atomic E-state index is 0.302. The molecule has 1 aromatic carbocycles. The summed E-state index contributed by atoms with van der Waals surface area (Å²) in [6, 6.07) is 10.8. The molecule has 0 aliphatic carbocycles. The van der Waals surface area contributed by atoms with Gasteiger partial charge in [0.05, 0.1) is 6.04 Å². The predicted octanol–water partition coefficient (Wildman–Crippen LogP) is 3.89. The van der Waals surface area contributed by atoms with Crippen molar-refractivity contribution in [3.8, 4) is 0 Å². The van der Waals surface area contributed by atoms with Crippen molar-refractivity contribution in [1.82, 2.24) is 0 Å². The van der Waals surface area contributed by atoms with Crippen molar-refractivity contribution in [2.24, 2.45) is 5.73 Å². The van der Waals surface area contributed by atoms with Gasteiger partial charge in [0, 0.05) is 23.2 Å². The number of benzene rings is 1. The number of thiocarbonyl (C=S) groups is 1. The Bertz CT molecular complexity index is 576. The molecule has 0 radical (unpaired) electrons. The van der Waals surface area contributed by atoms with Crippen molar-refractivity contribution in [3.63, 3.8) is 0 Å². The van der Waals surface area contributed by atoms with Crippen molar-refractivity contribution < 1.29 is 0 Å². The van der Waals surface area contributed by atoms with Gasteiger partial charge in [-0.1, -0.05) is 29.9 Å². The average Bonchev–Trinajstić information content (AvgIpc) is 2.90. The van der Waals surface area contributed by atoms with Crippen molar-refractivity contribution >= 4 is 34.2 Å². The van der Waals surface area contributed by atoms with E-state index in [1.807, 2.05) is 6.92 Å². The first-order chi connectivity index (χ1) is 9.00. The quantitative estimate of drug-likeness (QED) is 0.866. The molecule has 0 aliphatic rings. The lowest BCUT2D eigenvalue weighted by atomic mass is 10.1. The number of anilines is 1. The number of hydrogen-bond acceptors (Lipinski definition) is 3. The highest BCUT2D eigenvalue weighted by atomic mass is 32.1. The smallest absolute Gasteiger partial charge is 0.106 e. The van der Waals surface area contributed by atoms with Gasteiger partial charge in [-0.05, 0) is 37.4 Å². The van der Waals surface area contributed by atoms with Crippen molar-refractivity contribution in [2.45, 2.75) is 19.9 Å². The fraction of sp³-hybridized carbons (Fsp3) is 0.267. The summed E-state index contributed by atoms with van der Waals surface area (Å²) in [6.07, 6.45) is 0. The highest BCUT2D eigenvalue weighted by molar-refractivity contribution is 7.80. The Balaban J connectivity index is 2.38. The summed E-state index contributed by atoms with van der Waals surface area (Å²) in [5, 5.41) is 2.10. The maximum absolute atomic E-state index is 5.85. The molecule has 0 saturated heterocycles. The van der Waals surface area contributed by atoms with Gasteiger partial charge in [-0.15, -0.1) is 11.3 Å². The largest absolute Gasteiger partial charge is 0.389 e. The second-order valence-electron chi connectivity index (χ2n) is 4.69. The lowest BCUT2D eigenvalue weighted by Gasteiger charge is -2.28. The summed E-state index contributed by atoms with van der Waals surface area (Å²) >= 11 is 6.93. The van der Waals surface area contributed by atoms with Gasteiger partial charge in [0.15, 0.2) is 0 Å². The lowest BCUT2D eigenvalue weighted by molar-refractivity contribution is 0.753. The second-order valence-corrected chi connectivity index (χ2v) is 6.11. The van der Waals surface area contributed by atoms with Crippen LogP contribution in [0, 0.1) is 6.92 Å². The van der Waals surface area contributed by atoms with E-state index in [0.717, 1.165) is 11.3 Å². The molecule has 0 fully saturated rings. The zero-order valence-corrected chi connectivity index (χ0v) is 13.0. The van der Waals surface area contributed by atoms with Crippen molar-refractivity contribution in [3.05, 3.63) is 51.7 Å². The number of nitrogens with zero attached hydrogens (tertiary/aromatic N) is 1. The van der Waals surface area contributed by atoms with Crippen LogP contribution in [-0.4, -0.2) is 12.0 Å². The van der Waals surface area contributed by atoms with Gasteiger partial charge >= 0.3 is 0 Å². The van der Waals surface area contributed by atoms with E-state index in [9.17, 15) is 0 Å². The van der Waals surface area contributed by atoms with E-state index in [1.54, 1.807) is 11.3 Å². The molecule has 1 atom stereocenters. The third kappa shape index (κ3) is 2.96. The maximum Gasteiger partial charge on any atom is 0.106 e. The predicted molar refractivity (Wildman–Crippen MR) is 88.2 cm³/mol. The summed E-state index contributed by atoms with van der Waals surface area (Å²) in [5.41, 5.74) is 9.05. The Labute approximate surface area is 123 Å². The molecule has 0 spiro atoms. The van der Waals surface area contributed by atoms with Crippen LogP contribution < -0.4 is 10.6 Å². The van der Waals surface area contributed by atoms with E-state index in [4.69, 9.17) is 18.0 Å². The number of hydrogen-bond donors (Lipinski definition) is 1. The Morgan fingerprint density at radius 2 is 2.11 bits per heavy atom. The molecule has 2 nitrogen and oxygen atoms in total. The highest BCUT2D eigenvalue weighted by Gasteiger charge is 2.17. The number of rotatable bonds is 4. The second kappa shape index (κ2) is 5.72. The van der Waals surface area contributed by atoms with Crippen LogP contribution in [0.1, 0.15) is 29.0 Å². The third-order valence-corrected chi connectivity index (χ3v) is 4.60. The Hall–Kier alpha value is -1.39. The van der Waals surface area contributed by atoms with Gasteiger partial charge in [-0.2, -0.15) is 0 Å². The van der Waals surface area contributed by atoms with Crippen LogP contribution in [0.15, 0.2) is 35.7 Å². The molecule has 0 bridgehead atoms. The summed E-state index contributed by atoms with van der Waals surface area (Å²) in [7, 11) is 2.08. The van der Waals surface area contributed by atoms with Crippen LogP contribution in [0.25, 0.3) is 0 Å². The molecule has 0 saturated carbocycles. The van der Waals surface area contributed by atoms with Crippen LogP contribution in [0.3, 0.4) is 0 Å². The normalized spacial score (nSPS) is 12.2. The molecule has 1 unspecified atom stereocenters. The van der Waals surface area contributed by atoms with Crippen LogP contribution in [0.5, 0.6) is 0 Å². The molecule has 19 heavy (non-hydrogen) atoms. The first-order valence-corrected chi connectivity index (χ1v) is 7.46. The average molecular weight is 290 g/mol. The Morgan fingerprint density at radius 3 is 2.68 bits per heavy atom. The zero-order chi connectivity index (χ0) is 14.0. The highest BCUT2D eigenvalue weighted by Crippen LogP contribution is 2.30. The van der Waals surface area contributed by atoms with Gasteiger partial charge in [-0.3, -0.25) is 0 Å². The van der Waals surface area contributed by atoms with Crippen molar-refractivity contribution in [1.29, 1.82) is 0 Å². The van der Waals surface area contributed by atoms with E-state index in [-0.39, 0.29) is 0 Å². The molecule has 2 N–H and O–H groups in total. The molecule has 4 heteroatoms. The molecule has 2 rings (SSSR count). The van der Waals surface area contributed by atoms with E-state index >= 15 is 0 Å². The van der Waals surface area contributed by atoms with Gasteiger partial charge < -0.3 is 10.6 Å². The summed E-state index contributed by atoms with van der Waals surface area (Å²) in [4.78, 5) is 4.00. The van der Waals surface area contributed by atoms with Gasteiger partial charge in [0.25, 0.3) is 0 Å². The van der Waals surface area contributed by atoms with Gasteiger partial charge in [-0.25, -0.2) is 0 Å². The van der Waals surface area contributed by atoms with Crippen molar-refractivity contribution in [2.75, 3.05) is 11.9 Å². The first-order valence-electron chi connectivity index (χ1n) is 6.17. The van der Waals surface area contributed by atoms with Crippen LogP contribution in [0.2, 0.25) is 0 Å². The standard InChI is InChI=1S/C15H18N2S2/c1-10-6-7-13(12(9-10)15(16)18)17(3)11(2)14-5-4-8-19-14/h4-9,11H,1-3H3,(H2,16,18). The zero-order valence-electron chi connectivity index (χ0n) is 11.4. The van der Waals surface area contributed by atoms with E-state index in [0.29, 0.717) is 11.0 Å².